The van der Waals surface area contributed by atoms with Gasteiger partial charge in [0.1, 0.15) is 5.60 Å². The minimum atomic E-state index is -2.61. The lowest BCUT2D eigenvalue weighted by Crippen LogP contribution is -2.42. The van der Waals surface area contributed by atoms with Crippen LogP contribution in [0.15, 0.2) is 12.1 Å². The van der Waals surface area contributed by atoms with E-state index in [2.05, 4.69) is 11.1 Å². The minimum absolute atomic E-state index is 0.137. The fraction of sp³-hybridized carbons (Fsp3) is 0.720. The first kappa shape index (κ1) is 23.9. The molecule has 2 fully saturated rings. The lowest BCUT2D eigenvalue weighted by molar-refractivity contribution is -0.0547. The van der Waals surface area contributed by atoms with E-state index in [-0.39, 0.29) is 17.9 Å². The molecule has 3 heterocycles. The molecule has 2 aromatic rings. The van der Waals surface area contributed by atoms with Gasteiger partial charge in [-0.3, -0.25) is 0 Å². The van der Waals surface area contributed by atoms with Crippen molar-refractivity contribution in [2.45, 2.75) is 96.5 Å². The van der Waals surface area contributed by atoms with Crippen LogP contribution in [0.2, 0.25) is 0 Å². The molecule has 1 atom stereocenters. The number of hydrogen-bond donors (Lipinski definition) is 0. The van der Waals surface area contributed by atoms with Crippen molar-refractivity contribution in [1.82, 2.24) is 19.5 Å². The second-order valence-corrected chi connectivity index (χ2v) is 10.9. The number of aromatic nitrogens is 3. The molecule has 1 aliphatic carbocycles. The number of amides is 1. The van der Waals surface area contributed by atoms with Gasteiger partial charge in [0.15, 0.2) is 5.65 Å². The number of aryl methyl sites for hydroxylation is 1. The molecule has 4 rings (SSSR count). The van der Waals surface area contributed by atoms with Crippen LogP contribution in [0.25, 0.3) is 5.65 Å². The van der Waals surface area contributed by atoms with Crippen molar-refractivity contribution in [2.24, 2.45) is 5.92 Å². The number of carbonyl (C=O) groups is 1. The summed E-state index contributed by atoms with van der Waals surface area (Å²) in [6, 6.07) is 4.07. The summed E-state index contributed by atoms with van der Waals surface area (Å²) in [6.45, 7) is 9.91. The van der Waals surface area contributed by atoms with Crippen molar-refractivity contribution >= 4 is 11.7 Å². The van der Waals surface area contributed by atoms with E-state index in [1.807, 2.05) is 38.3 Å². The van der Waals surface area contributed by atoms with Crippen molar-refractivity contribution in [2.75, 3.05) is 13.1 Å². The Kier molecular flexibility index (Phi) is 6.40. The molecule has 2 aromatic heterocycles. The van der Waals surface area contributed by atoms with Crippen LogP contribution in [0.1, 0.15) is 95.1 Å². The van der Waals surface area contributed by atoms with Gasteiger partial charge in [-0.25, -0.2) is 23.1 Å². The lowest BCUT2D eigenvalue weighted by Gasteiger charge is -2.34. The second kappa shape index (κ2) is 8.84. The number of rotatable bonds is 3. The molecule has 0 unspecified atom stereocenters. The lowest BCUT2D eigenvalue weighted by atomic mass is 9.78. The Hall–Kier alpha value is -2.25. The van der Waals surface area contributed by atoms with Crippen LogP contribution in [0.3, 0.4) is 0 Å². The van der Waals surface area contributed by atoms with Crippen molar-refractivity contribution in [3.63, 3.8) is 0 Å². The van der Waals surface area contributed by atoms with E-state index in [9.17, 15) is 13.6 Å². The highest BCUT2D eigenvalue weighted by Gasteiger charge is 2.38. The zero-order valence-electron chi connectivity index (χ0n) is 20.4. The molecule has 0 aromatic carbocycles. The molecule has 1 saturated heterocycles. The largest absolute Gasteiger partial charge is 0.444 e. The fourth-order valence-corrected chi connectivity index (χ4v) is 5.24. The van der Waals surface area contributed by atoms with Gasteiger partial charge in [-0.15, -0.1) is 0 Å². The summed E-state index contributed by atoms with van der Waals surface area (Å²) in [5.74, 6) is -2.83. The molecule has 182 valence electrons. The van der Waals surface area contributed by atoms with Gasteiger partial charge in [-0.05, 0) is 79.2 Å². The van der Waals surface area contributed by atoms with Crippen molar-refractivity contribution in [3.05, 3.63) is 29.2 Å². The summed E-state index contributed by atoms with van der Waals surface area (Å²) in [5, 5.41) is 4.90. The maximum absolute atomic E-state index is 13.7. The molecule has 2 aliphatic rings. The van der Waals surface area contributed by atoms with E-state index in [0.717, 1.165) is 55.3 Å². The number of piperidine rings is 1. The number of hydrogen-bond acceptors (Lipinski definition) is 4. The number of alkyl halides is 2. The van der Waals surface area contributed by atoms with E-state index in [1.165, 1.54) is 0 Å². The second-order valence-electron chi connectivity index (χ2n) is 10.9. The van der Waals surface area contributed by atoms with Crippen LogP contribution in [0.4, 0.5) is 13.6 Å². The molecule has 8 heteroatoms. The molecule has 1 amide bonds. The molecular weight excluding hydrogens is 426 g/mol. The predicted molar refractivity (Wildman–Crippen MR) is 123 cm³/mol. The summed E-state index contributed by atoms with van der Waals surface area (Å²) in [6.07, 6.45) is 4.08. The number of likely N-dealkylation sites (tertiary alicyclic amines) is 1. The molecule has 0 bridgehead atoms. The Morgan fingerprint density at radius 1 is 1.06 bits per heavy atom. The standard InChI is InChI=1S/C25H36F2N4O2/c1-16-13-21(18-7-6-12-30(15-18)23(32)33-24(2,3)4)31-22(28-16)14-20(29-31)17-8-10-19(11-9-17)25(5,26)27/h13-14,17-19H,6-12,15H2,1-5H3/t17?,18-,19?/m1/s1. The molecule has 6 nitrogen and oxygen atoms in total. The first-order valence-corrected chi connectivity index (χ1v) is 12.1. The third kappa shape index (κ3) is 5.46. The summed E-state index contributed by atoms with van der Waals surface area (Å²) < 4.78 is 34.9. The topological polar surface area (TPSA) is 59.7 Å². The van der Waals surface area contributed by atoms with Crippen LogP contribution >= 0.6 is 0 Å². The normalized spacial score (nSPS) is 24.8. The highest BCUT2D eigenvalue weighted by Crippen LogP contribution is 2.42. The van der Waals surface area contributed by atoms with Gasteiger partial charge in [-0.2, -0.15) is 5.10 Å². The monoisotopic (exact) mass is 462 g/mol. The van der Waals surface area contributed by atoms with Gasteiger partial charge in [0.2, 0.25) is 5.92 Å². The fourth-order valence-electron chi connectivity index (χ4n) is 5.24. The van der Waals surface area contributed by atoms with E-state index in [4.69, 9.17) is 9.84 Å². The van der Waals surface area contributed by atoms with Crippen LogP contribution in [0, 0.1) is 12.8 Å². The van der Waals surface area contributed by atoms with Gasteiger partial charge >= 0.3 is 6.09 Å². The number of carbonyl (C=O) groups excluding carboxylic acids is 1. The van der Waals surface area contributed by atoms with E-state index >= 15 is 0 Å². The maximum Gasteiger partial charge on any atom is 0.410 e. The maximum atomic E-state index is 13.7. The van der Waals surface area contributed by atoms with Crippen molar-refractivity contribution < 1.29 is 18.3 Å². The third-order valence-corrected chi connectivity index (χ3v) is 6.96. The molecular formula is C25H36F2N4O2. The van der Waals surface area contributed by atoms with Crippen molar-refractivity contribution in [1.29, 1.82) is 0 Å². The molecule has 1 aliphatic heterocycles. The van der Waals surface area contributed by atoms with Gasteiger partial charge in [-0.1, -0.05) is 0 Å². The summed E-state index contributed by atoms with van der Waals surface area (Å²) in [5.41, 5.74) is 3.16. The average Bonchev–Trinajstić information content (AvgIpc) is 3.15. The Balaban J connectivity index is 1.55. The van der Waals surface area contributed by atoms with Crippen LogP contribution in [-0.4, -0.2) is 50.2 Å². The zero-order chi connectivity index (χ0) is 24.0. The number of fused-ring (bicyclic) bond motifs is 1. The van der Waals surface area contributed by atoms with E-state index in [0.29, 0.717) is 25.9 Å². The Labute approximate surface area is 194 Å². The van der Waals surface area contributed by atoms with Crippen molar-refractivity contribution in [3.8, 4) is 0 Å². The number of nitrogens with zero attached hydrogens (tertiary/aromatic N) is 4. The third-order valence-electron chi connectivity index (χ3n) is 6.96. The van der Waals surface area contributed by atoms with Crippen LogP contribution in [0.5, 0.6) is 0 Å². The molecule has 0 spiro atoms. The Bertz CT molecular complexity index is 1000. The quantitative estimate of drug-likeness (QED) is 0.555. The summed E-state index contributed by atoms with van der Waals surface area (Å²) in [7, 11) is 0. The Morgan fingerprint density at radius 2 is 1.76 bits per heavy atom. The molecule has 0 radical (unpaired) electrons. The molecule has 1 saturated carbocycles. The highest BCUT2D eigenvalue weighted by molar-refractivity contribution is 5.68. The minimum Gasteiger partial charge on any atom is -0.444 e. The smallest absolute Gasteiger partial charge is 0.410 e. The van der Waals surface area contributed by atoms with Gasteiger partial charge in [0, 0.05) is 42.6 Å². The molecule has 0 N–H and O–H groups in total. The van der Waals surface area contributed by atoms with Gasteiger partial charge < -0.3 is 9.64 Å². The average molecular weight is 463 g/mol. The van der Waals surface area contributed by atoms with E-state index < -0.39 is 17.4 Å². The van der Waals surface area contributed by atoms with Gasteiger partial charge in [0.05, 0.1) is 11.4 Å². The van der Waals surface area contributed by atoms with Crippen LogP contribution in [-0.2, 0) is 4.74 Å². The first-order chi connectivity index (χ1) is 15.4. The predicted octanol–water partition coefficient (Wildman–Crippen LogP) is 6.08. The number of ether oxygens (including phenoxy) is 1. The zero-order valence-corrected chi connectivity index (χ0v) is 20.4. The Morgan fingerprint density at radius 3 is 2.39 bits per heavy atom. The first-order valence-electron chi connectivity index (χ1n) is 12.1. The van der Waals surface area contributed by atoms with E-state index in [1.54, 1.807) is 4.90 Å². The highest BCUT2D eigenvalue weighted by atomic mass is 19.3. The SMILES string of the molecule is Cc1cc([C@@H]2CCCN(C(=O)OC(C)(C)C)C2)n2nc(C3CCC(C(C)(F)F)CC3)cc2n1. The summed E-state index contributed by atoms with van der Waals surface area (Å²) in [4.78, 5) is 19.1. The molecule has 33 heavy (non-hydrogen) atoms. The van der Waals surface area contributed by atoms with Crippen LogP contribution < -0.4 is 0 Å². The van der Waals surface area contributed by atoms with Gasteiger partial charge in [0.25, 0.3) is 0 Å². The summed E-state index contributed by atoms with van der Waals surface area (Å²) >= 11 is 0. The number of halogens is 2.